The van der Waals surface area contributed by atoms with Gasteiger partial charge in [0.1, 0.15) is 0 Å². The minimum atomic E-state index is 0.383. The Morgan fingerprint density at radius 1 is 1.31 bits per heavy atom. The van der Waals surface area contributed by atoms with Crippen LogP contribution in [0, 0.1) is 13.8 Å². The van der Waals surface area contributed by atoms with Crippen molar-refractivity contribution < 1.29 is 0 Å². The molecule has 2 N–H and O–H groups in total. The second-order valence-electron chi connectivity index (χ2n) is 4.22. The number of hydrogen-bond donors (Lipinski definition) is 1. The number of aryl methyl sites for hydroxylation is 2. The molecule has 0 saturated carbocycles. The van der Waals surface area contributed by atoms with Crippen molar-refractivity contribution in [3.63, 3.8) is 0 Å². The third kappa shape index (κ3) is 1.61. The van der Waals surface area contributed by atoms with E-state index in [1.165, 1.54) is 23.1 Å². The van der Waals surface area contributed by atoms with Gasteiger partial charge in [0.05, 0.1) is 0 Å². The Bertz CT molecular complexity index is 328. The van der Waals surface area contributed by atoms with Gasteiger partial charge in [-0.05, 0) is 49.8 Å². The van der Waals surface area contributed by atoms with E-state index in [0.29, 0.717) is 6.04 Å². The van der Waals surface area contributed by atoms with Crippen molar-refractivity contribution in [1.29, 1.82) is 0 Å². The maximum atomic E-state index is 5.95. The third-order valence-corrected chi connectivity index (χ3v) is 2.96. The van der Waals surface area contributed by atoms with Crippen molar-refractivity contribution >= 4 is 0 Å². The lowest BCUT2D eigenvalue weighted by atomic mass is 9.85. The Morgan fingerprint density at radius 3 is 2.85 bits per heavy atom. The lowest BCUT2D eigenvalue weighted by Crippen LogP contribution is -2.28. The van der Waals surface area contributed by atoms with E-state index in [2.05, 4.69) is 26.0 Å². The van der Waals surface area contributed by atoms with Gasteiger partial charge in [0.15, 0.2) is 0 Å². The van der Waals surface area contributed by atoms with E-state index < -0.39 is 0 Å². The lowest BCUT2D eigenvalue weighted by molar-refractivity contribution is 0.574. The van der Waals surface area contributed by atoms with Crippen LogP contribution in [-0.4, -0.2) is 6.04 Å². The van der Waals surface area contributed by atoms with E-state index >= 15 is 0 Å². The van der Waals surface area contributed by atoms with E-state index in [0.717, 1.165) is 12.8 Å². The van der Waals surface area contributed by atoms with Gasteiger partial charge in [-0.3, -0.25) is 0 Å². The van der Waals surface area contributed by atoms with Gasteiger partial charge in [-0.2, -0.15) is 0 Å². The summed E-state index contributed by atoms with van der Waals surface area (Å²) in [4.78, 5) is 0. The van der Waals surface area contributed by atoms with Crippen molar-refractivity contribution in [2.24, 2.45) is 5.73 Å². The molecule has 0 unspecified atom stereocenters. The topological polar surface area (TPSA) is 26.0 Å². The molecule has 0 amide bonds. The molecule has 2 rings (SSSR count). The van der Waals surface area contributed by atoms with E-state index in [9.17, 15) is 0 Å². The Labute approximate surface area is 80.0 Å². The van der Waals surface area contributed by atoms with Crippen molar-refractivity contribution in [2.45, 2.75) is 39.2 Å². The van der Waals surface area contributed by atoms with Crippen LogP contribution in [0.4, 0.5) is 0 Å². The predicted molar refractivity (Wildman–Crippen MR) is 55.9 cm³/mol. The minimum Gasteiger partial charge on any atom is -0.327 e. The normalized spacial score (nSPS) is 21.3. The second kappa shape index (κ2) is 3.15. The summed E-state index contributed by atoms with van der Waals surface area (Å²) in [7, 11) is 0. The number of hydrogen-bond acceptors (Lipinski definition) is 1. The zero-order valence-electron chi connectivity index (χ0n) is 8.43. The molecule has 0 heterocycles. The van der Waals surface area contributed by atoms with Gasteiger partial charge in [0.2, 0.25) is 0 Å². The zero-order chi connectivity index (χ0) is 9.42. The molecule has 1 aliphatic carbocycles. The molecule has 0 fully saturated rings. The van der Waals surface area contributed by atoms with Crippen molar-refractivity contribution in [3.8, 4) is 0 Å². The van der Waals surface area contributed by atoms with Crippen molar-refractivity contribution in [3.05, 3.63) is 34.4 Å². The summed E-state index contributed by atoms with van der Waals surface area (Å²) in [5, 5.41) is 0. The largest absolute Gasteiger partial charge is 0.327 e. The van der Waals surface area contributed by atoms with Crippen LogP contribution in [0.25, 0.3) is 0 Å². The minimum absolute atomic E-state index is 0.383. The molecule has 1 aliphatic rings. The van der Waals surface area contributed by atoms with E-state index in [-0.39, 0.29) is 0 Å². The number of benzene rings is 1. The monoisotopic (exact) mass is 175 g/mol. The first kappa shape index (κ1) is 8.76. The highest BCUT2D eigenvalue weighted by Crippen LogP contribution is 2.24. The fraction of sp³-hybridized carbons (Fsp3) is 0.500. The standard InChI is InChI=1S/C12H17N/c1-8-5-9(2)12-4-3-11(13)7-10(12)6-8/h5-6,11H,3-4,7,13H2,1-2H3/t11-/m0/s1. The van der Waals surface area contributed by atoms with Crippen LogP contribution in [0.2, 0.25) is 0 Å². The van der Waals surface area contributed by atoms with E-state index in [1.807, 2.05) is 0 Å². The second-order valence-corrected chi connectivity index (χ2v) is 4.22. The highest BCUT2D eigenvalue weighted by molar-refractivity contribution is 5.40. The number of nitrogens with two attached hydrogens (primary N) is 1. The molecule has 0 bridgehead atoms. The highest BCUT2D eigenvalue weighted by atomic mass is 14.6. The summed E-state index contributed by atoms with van der Waals surface area (Å²) in [6.07, 6.45) is 3.39. The molecule has 1 atom stereocenters. The predicted octanol–water partition coefficient (Wildman–Crippen LogP) is 2.12. The first-order chi connectivity index (χ1) is 6.16. The summed E-state index contributed by atoms with van der Waals surface area (Å²) in [5.41, 5.74) is 11.8. The number of rotatable bonds is 0. The molecule has 1 heteroatoms. The quantitative estimate of drug-likeness (QED) is 0.642. The molecule has 1 aromatic rings. The summed E-state index contributed by atoms with van der Waals surface area (Å²) in [5.74, 6) is 0. The van der Waals surface area contributed by atoms with E-state index in [4.69, 9.17) is 5.73 Å². The lowest BCUT2D eigenvalue weighted by Gasteiger charge is -2.23. The molecule has 1 aromatic carbocycles. The average molecular weight is 175 g/mol. The molecule has 0 radical (unpaired) electrons. The van der Waals surface area contributed by atoms with Crippen LogP contribution in [-0.2, 0) is 12.8 Å². The molecular formula is C12H17N. The highest BCUT2D eigenvalue weighted by Gasteiger charge is 2.16. The summed E-state index contributed by atoms with van der Waals surface area (Å²) in [6.45, 7) is 4.37. The molecule has 0 aliphatic heterocycles. The molecule has 1 nitrogen and oxygen atoms in total. The van der Waals surface area contributed by atoms with Gasteiger partial charge in [-0.1, -0.05) is 17.7 Å². The third-order valence-electron chi connectivity index (χ3n) is 2.96. The molecule has 0 saturated heterocycles. The molecule has 13 heavy (non-hydrogen) atoms. The van der Waals surface area contributed by atoms with Gasteiger partial charge >= 0.3 is 0 Å². The van der Waals surface area contributed by atoms with Crippen molar-refractivity contribution in [2.75, 3.05) is 0 Å². The maximum Gasteiger partial charge on any atom is 0.00825 e. The first-order valence-electron chi connectivity index (χ1n) is 5.01. The first-order valence-corrected chi connectivity index (χ1v) is 5.01. The van der Waals surface area contributed by atoms with Gasteiger partial charge in [-0.15, -0.1) is 0 Å². The van der Waals surface area contributed by atoms with Crippen LogP contribution < -0.4 is 5.73 Å². The molecule has 70 valence electrons. The molecular weight excluding hydrogens is 158 g/mol. The Hall–Kier alpha value is -0.820. The van der Waals surface area contributed by atoms with Crippen LogP contribution >= 0.6 is 0 Å². The maximum absolute atomic E-state index is 5.95. The fourth-order valence-corrected chi connectivity index (χ4v) is 2.34. The SMILES string of the molecule is Cc1cc(C)c2c(c1)C[C@@H](N)CC2. The fourth-order valence-electron chi connectivity index (χ4n) is 2.34. The van der Waals surface area contributed by atoms with Crippen LogP contribution in [0.1, 0.15) is 28.7 Å². The summed E-state index contributed by atoms with van der Waals surface area (Å²) in [6, 6.07) is 4.95. The van der Waals surface area contributed by atoms with E-state index in [1.54, 1.807) is 5.56 Å². The van der Waals surface area contributed by atoms with Gasteiger partial charge in [0.25, 0.3) is 0 Å². The van der Waals surface area contributed by atoms with Gasteiger partial charge in [0, 0.05) is 6.04 Å². The average Bonchev–Trinajstić information content (AvgIpc) is 2.02. The molecule has 0 spiro atoms. The summed E-state index contributed by atoms with van der Waals surface area (Å²) >= 11 is 0. The molecule has 0 aromatic heterocycles. The van der Waals surface area contributed by atoms with Gasteiger partial charge in [-0.25, -0.2) is 0 Å². The van der Waals surface area contributed by atoms with Crippen molar-refractivity contribution in [1.82, 2.24) is 0 Å². The Balaban J connectivity index is 2.47. The number of fused-ring (bicyclic) bond motifs is 1. The summed E-state index contributed by atoms with van der Waals surface area (Å²) < 4.78 is 0. The Morgan fingerprint density at radius 2 is 2.08 bits per heavy atom. The smallest absolute Gasteiger partial charge is 0.00825 e. The van der Waals surface area contributed by atoms with Crippen LogP contribution in [0.3, 0.4) is 0 Å². The van der Waals surface area contributed by atoms with Crippen LogP contribution in [0.15, 0.2) is 12.1 Å². The Kier molecular flexibility index (Phi) is 2.12. The van der Waals surface area contributed by atoms with Crippen LogP contribution in [0.5, 0.6) is 0 Å². The van der Waals surface area contributed by atoms with Gasteiger partial charge < -0.3 is 5.73 Å². The zero-order valence-corrected chi connectivity index (χ0v) is 8.43.